The van der Waals surface area contributed by atoms with Crippen LogP contribution in [0, 0.1) is 0 Å². The predicted octanol–water partition coefficient (Wildman–Crippen LogP) is 2.38. The van der Waals surface area contributed by atoms with Crippen LogP contribution in [0.25, 0.3) is 0 Å². The first-order chi connectivity index (χ1) is 14.3. The Labute approximate surface area is 176 Å². The Kier molecular flexibility index (Phi) is 6.74. The summed E-state index contributed by atoms with van der Waals surface area (Å²) in [6.07, 6.45) is 1.77. The second-order valence-electron chi connectivity index (χ2n) is 7.91. The SMILES string of the molecule is CC(O)(COc1cccc(C(=O)N2CCC(c3cccc(CN)c3)CC2)c1)C(=O)O. The van der Waals surface area contributed by atoms with Crippen LogP contribution in [-0.2, 0) is 11.3 Å². The molecule has 2 aromatic rings. The monoisotopic (exact) mass is 412 g/mol. The summed E-state index contributed by atoms with van der Waals surface area (Å²) in [7, 11) is 0. The van der Waals surface area contributed by atoms with E-state index in [1.165, 1.54) is 5.56 Å². The summed E-state index contributed by atoms with van der Waals surface area (Å²) in [6.45, 7) is 2.60. The zero-order chi connectivity index (χ0) is 21.7. The van der Waals surface area contributed by atoms with Crippen molar-refractivity contribution in [1.82, 2.24) is 4.90 Å². The third kappa shape index (κ3) is 5.17. The van der Waals surface area contributed by atoms with Gasteiger partial charge in [0, 0.05) is 25.2 Å². The maximum absolute atomic E-state index is 12.9. The van der Waals surface area contributed by atoms with E-state index in [1.54, 1.807) is 24.3 Å². The second-order valence-corrected chi connectivity index (χ2v) is 7.91. The maximum Gasteiger partial charge on any atom is 0.339 e. The molecule has 1 heterocycles. The van der Waals surface area contributed by atoms with Gasteiger partial charge >= 0.3 is 5.97 Å². The van der Waals surface area contributed by atoms with Gasteiger partial charge in [0.15, 0.2) is 5.60 Å². The first kappa shape index (κ1) is 21.8. The van der Waals surface area contributed by atoms with Gasteiger partial charge in [0.25, 0.3) is 5.91 Å². The minimum atomic E-state index is -2.00. The molecular formula is C23H28N2O5. The Morgan fingerprint density at radius 3 is 2.53 bits per heavy atom. The van der Waals surface area contributed by atoms with Gasteiger partial charge in [-0.25, -0.2) is 4.79 Å². The molecule has 4 N–H and O–H groups in total. The highest BCUT2D eigenvalue weighted by Crippen LogP contribution is 2.29. The normalized spacial score (nSPS) is 16.7. The number of aliphatic hydroxyl groups is 1. The second kappa shape index (κ2) is 9.28. The van der Waals surface area contributed by atoms with Crippen LogP contribution >= 0.6 is 0 Å². The van der Waals surface area contributed by atoms with Gasteiger partial charge in [-0.15, -0.1) is 0 Å². The predicted molar refractivity (Wildman–Crippen MR) is 112 cm³/mol. The molecule has 1 fully saturated rings. The van der Waals surface area contributed by atoms with Crippen LogP contribution in [0.4, 0.5) is 0 Å². The molecule has 0 radical (unpaired) electrons. The lowest BCUT2D eigenvalue weighted by molar-refractivity contribution is -0.159. The number of hydrogen-bond acceptors (Lipinski definition) is 5. The summed E-state index contributed by atoms with van der Waals surface area (Å²) in [5, 5.41) is 18.7. The van der Waals surface area contributed by atoms with Crippen molar-refractivity contribution in [2.45, 2.75) is 37.8 Å². The summed E-state index contributed by atoms with van der Waals surface area (Å²) >= 11 is 0. The number of nitrogens with zero attached hydrogens (tertiary/aromatic N) is 1. The number of likely N-dealkylation sites (tertiary alicyclic amines) is 1. The molecule has 0 spiro atoms. The number of carbonyl (C=O) groups excluding carboxylic acids is 1. The van der Waals surface area contributed by atoms with E-state index in [9.17, 15) is 14.7 Å². The molecular weight excluding hydrogens is 384 g/mol. The van der Waals surface area contributed by atoms with Crippen LogP contribution in [-0.4, -0.2) is 52.3 Å². The van der Waals surface area contributed by atoms with E-state index in [4.69, 9.17) is 15.6 Å². The quantitative estimate of drug-likeness (QED) is 0.644. The molecule has 30 heavy (non-hydrogen) atoms. The lowest BCUT2D eigenvalue weighted by Crippen LogP contribution is -2.41. The Hall–Kier alpha value is -2.90. The Morgan fingerprint density at radius 2 is 1.87 bits per heavy atom. The fourth-order valence-corrected chi connectivity index (χ4v) is 3.58. The van der Waals surface area contributed by atoms with E-state index in [1.807, 2.05) is 17.0 Å². The highest BCUT2D eigenvalue weighted by atomic mass is 16.5. The van der Waals surface area contributed by atoms with Crippen LogP contribution in [0.15, 0.2) is 48.5 Å². The number of piperidine rings is 1. The van der Waals surface area contributed by atoms with Crippen LogP contribution in [0.2, 0.25) is 0 Å². The summed E-state index contributed by atoms with van der Waals surface area (Å²) in [5.74, 6) is -0.696. The van der Waals surface area contributed by atoms with Crippen LogP contribution in [0.5, 0.6) is 5.75 Å². The smallest absolute Gasteiger partial charge is 0.339 e. The number of rotatable bonds is 7. The van der Waals surface area contributed by atoms with Crippen LogP contribution in [0.1, 0.15) is 47.2 Å². The molecule has 1 aliphatic heterocycles. The molecule has 1 unspecified atom stereocenters. The fraction of sp³-hybridized carbons (Fsp3) is 0.391. The zero-order valence-electron chi connectivity index (χ0n) is 17.1. The molecule has 160 valence electrons. The summed E-state index contributed by atoms with van der Waals surface area (Å²) in [5.41, 5.74) is 6.61. The Bertz CT molecular complexity index is 904. The largest absolute Gasteiger partial charge is 0.490 e. The van der Waals surface area contributed by atoms with Gasteiger partial charge in [0.05, 0.1) is 0 Å². The Morgan fingerprint density at radius 1 is 1.17 bits per heavy atom. The van der Waals surface area contributed by atoms with E-state index in [0.717, 1.165) is 25.3 Å². The molecule has 1 aliphatic rings. The van der Waals surface area contributed by atoms with Crippen molar-refractivity contribution in [3.8, 4) is 5.75 Å². The molecule has 0 aliphatic carbocycles. The van der Waals surface area contributed by atoms with Crippen LogP contribution in [0.3, 0.4) is 0 Å². The fourth-order valence-electron chi connectivity index (χ4n) is 3.58. The first-order valence-corrected chi connectivity index (χ1v) is 10.1. The van der Waals surface area contributed by atoms with Gasteiger partial charge in [-0.1, -0.05) is 30.3 Å². The molecule has 0 aromatic heterocycles. The van der Waals surface area contributed by atoms with Gasteiger partial charge in [0.2, 0.25) is 0 Å². The molecule has 1 amide bonds. The van der Waals surface area contributed by atoms with Gasteiger partial charge in [-0.05, 0) is 55.0 Å². The molecule has 0 saturated carbocycles. The number of nitrogens with two attached hydrogens (primary N) is 1. The van der Waals surface area contributed by atoms with Crippen molar-refractivity contribution >= 4 is 11.9 Å². The van der Waals surface area contributed by atoms with Crippen molar-refractivity contribution in [3.05, 3.63) is 65.2 Å². The Balaban J connectivity index is 1.60. The molecule has 0 bridgehead atoms. The lowest BCUT2D eigenvalue weighted by atomic mass is 9.88. The topological polar surface area (TPSA) is 113 Å². The molecule has 1 saturated heterocycles. The average Bonchev–Trinajstić information content (AvgIpc) is 2.77. The van der Waals surface area contributed by atoms with Gasteiger partial charge in [-0.3, -0.25) is 4.79 Å². The van der Waals surface area contributed by atoms with E-state index < -0.39 is 18.2 Å². The minimum Gasteiger partial charge on any atom is -0.490 e. The van der Waals surface area contributed by atoms with Gasteiger partial charge in [-0.2, -0.15) is 0 Å². The molecule has 1 atom stereocenters. The number of carboxylic acid groups (broad SMARTS) is 1. The van der Waals surface area contributed by atoms with E-state index in [0.29, 0.717) is 36.9 Å². The number of ether oxygens (including phenoxy) is 1. The standard InChI is InChI=1S/C23H28N2O5/c1-23(29,22(27)28)15-30-20-7-3-6-19(13-20)21(26)25-10-8-17(9-11-25)18-5-2-4-16(12-18)14-24/h2-7,12-13,17,29H,8-11,14-15,24H2,1H3,(H,27,28). The zero-order valence-corrected chi connectivity index (χ0v) is 17.1. The number of carboxylic acids is 1. The van der Waals surface area contributed by atoms with Crippen molar-refractivity contribution in [3.63, 3.8) is 0 Å². The van der Waals surface area contributed by atoms with E-state index in [-0.39, 0.29) is 5.91 Å². The molecule has 7 nitrogen and oxygen atoms in total. The molecule has 3 rings (SSSR count). The number of carbonyl (C=O) groups is 2. The third-order valence-electron chi connectivity index (χ3n) is 5.50. The maximum atomic E-state index is 12.9. The van der Waals surface area contributed by atoms with Crippen molar-refractivity contribution in [2.75, 3.05) is 19.7 Å². The molecule has 7 heteroatoms. The number of amides is 1. The van der Waals surface area contributed by atoms with Crippen molar-refractivity contribution in [2.24, 2.45) is 5.73 Å². The number of aliphatic carboxylic acids is 1. The van der Waals surface area contributed by atoms with Crippen molar-refractivity contribution in [1.29, 1.82) is 0 Å². The highest BCUT2D eigenvalue weighted by Gasteiger charge is 2.31. The van der Waals surface area contributed by atoms with Crippen LogP contribution < -0.4 is 10.5 Å². The summed E-state index contributed by atoms with van der Waals surface area (Å²) in [4.78, 5) is 25.7. The summed E-state index contributed by atoms with van der Waals surface area (Å²) in [6, 6.07) is 14.9. The third-order valence-corrected chi connectivity index (χ3v) is 5.50. The van der Waals surface area contributed by atoms with Gasteiger partial charge < -0.3 is 25.6 Å². The average molecular weight is 412 g/mol. The van der Waals surface area contributed by atoms with Gasteiger partial charge in [0.1, 0.15) is 12.4 Å². The summed E-state index contributed by atoms with van der Waals surface area (Å²) < 4.78 is 5.40. The number of hydrogen-bond donors (Lipinski definition) is 3. The number of benzene rings is 2. The molecule has 2 aromatic carbocycles. The van der Waals surface area contributed by atoms with E-state index in [2.05, 4.69) is 12.1 Å². The first-order valence-electron chi connectivity index (χ1n) is 10.1. The van der Waals surface area contributed by atoms with E-state index >= 15 is 0 Å². The highest BCUT2D eigenvalue weighted by molar-refractivity contribution is 5.94. The lowest BCUT2D eigenvalue weighted by Gasteiger charge is -2.32. The van der Waals surface area contributed by atoms with Crippen molar-refractivity contribution < 1.29 is 24.5 Å². The minimum absolute atomic E-state index is 0.0837.